The molecule has 0 aliphatic heterocycles. The number of benzene rings is 1. The van der Waals surface area contributed by atoms with Crippen LogP contribution in [0, 0.1) is 0 Å². The van der Waals surface area contributed by atoms with E-state index in [1.807, 2.05) is 12.1 Å². The Morgan fingerprint density at radius 3 is 2.18 bits per heavy atom. The fourth-order valence-corrected chi connectivity index (χ4v) is 2.07. The highest BCUT2D eigenvalue weighted by Gasteiger charge is 2.31. The molecule has 1 aromatic rings. The third kappa shape index (κ3) is 3.22. The molecular weight excluding hydrogens is 229 g/mol. The number of halogens is 3. The van der Waals surface area contributed by atoms with Gasteiger partial charge in [0.25, 0.3) is 0 Å². The van der Waals surface area contributed by atoms with Crippen molar-refractivity contribution in [2.75, 3.05) is 0 Å². The van der Waals surface area contributed by atoms with Crippen molar-refractivity contribution >= 4 is 0 Å². The van der Waals surface area contributed by atoms with Crippen LogP contribution in [-0.4, -0.2) is 11.3 Å². The first-order valence-corrected chi connectivity index (χ1v) is 5.80. The summed E-state index contributed by atoms with van der Waals surface area (Å²) in [6.45, 7) is 0. The van der Waals surface area contributed by atoms with E-state index >= 15 is 0 Å². The predicted octanol–water partition coefficient (Wildman–Crippen LogP) is 3.94. The van der Waals surface area contributed by atoms with Crippen LogP contribution in [0.1, 0.15) is 48.8 Å². The van der Waals surface area contributed by atoms with Gasteiger partial charge in [0.15, 0.2) is 0 Å². The Hall–Kier alpha value is -1.03. The van der Waals surface area contributed by atoms with E-state index in [2.05, 4.69) is 0 Å². The van der Waals surface area contributed by atoms with Crippen LogP contribution in [0.4, 0.5) is 13.2 Å². The summed E-state index contributed by atoms with van der Waals surface area (Å²) in [4.78, 5) is 0. The smallest absolute Gasteiger partial charge is 0.388 e. The van der Waals surface area contributed by atoms with E-state index in [9.17, 15) is 18.3 Å². The Balaban J connectivity index is 2.01. The summed E-state index contributed by atoms with van der Waals surface area (Å²) in [6.07, 6.45) is -3.43. The van der Waals surface area contributed by atoms with Crippen LogP contribution in [0.2, 0.25) is 0 Å². The quantitative estimate of drug-likeness (QED) is 0.853. The third-order valence-electron chi connectivity index (χ3n) is 3.32. The van der Waals surface area contributed by atoms with E-state index < -0.39 is 18.7 Å². The molecule has 94 valence electrons. The maximum absolute atomic E-state index is 12.1. The van der Waals surface area contributed by atoms with Crippen molar-refractivity contribution < 1.29 is 18.3 Å². The van der Waals surface area contributed by atoms with Gasteiger partial charge < -0.3 is 5.11 Å². The second kappa shape index (κ2) is 4.69. The van der Waals surface area contributed by atoms with Crippen molar-refractivity contribution in [3.63, 3.8) is 0 Å². The predicted molar refractivity (Wildman–Crippen MR) is 58.7 cm³/mol. The first-order valence-electron chi connectivity index (χ1n) is 5.80. The SMILES string of the molecule is OC(CC(F)(F)F)c1ccc(C2CCC2)cc1. The van der Waals surface area contributed by atoms with E-state index in [4.69, 9.17) is 0 Å². The number of rotatable bonds is 3. The molecule has 0 saturated heterocycles. The number of aliphatic hydroxyl groups is 1. The number of aliphatic hydroxyl groups excluding tert-OH is 1. The molecule has 4 heteroatoms. The van der Waals surface area contributed by atoms with Crippen LogP contribution < -0.4 is 0 Å². The Morgan fingerprint density at radius 2 is 1.76 bits per heavy atom. The van der Waals surface area contributed by atoms with E-state index in [0.29, 0.717) is 11.5 Å². The zero-order chi connectivity index (χ0) is 12.5. The van der Waals surface area contributed by atoms with Gasteiger partial charge >= 0.3 is 6.18 Å². The Kier molecular flexibility index (Phi) is 3.43. The largest absolute Gasteiger partial charge is 0.391 e. The molecule has 0 bridgehead atoms. The minimum absolute atomic E-state index is 0.338. The molecule has 17 heavy (non-hydrogen) atoms. The van der Waals surface area contributed by atoms with Gasteiger partial charge in [-0.2, -0.15) is 13.2 Å². The summed E-state index contributed by atoms with van der Waals surface area (Å²) >= 11 is 0. The van der Waals surface area contributed by atoms with Crippen LogP contribution in [-0.2, 0) is 0 Å². The highest BCUT2D eigenvalue weighted by molar-refractivity contribution is 5.27. The van der Waals surface area contributed by atoms with Crippen molar-refractivity contribution in [2.45, 2.75) is 43.9 Å². The Bertz CT molecular complexity index is 365. The van der Waals surface area contributed by atoms with Crippen LogP contribution in [0.3, 0.4) is 0 Å². The van der Waals surface area contributed by atoms with Gasteiger partial charge in [-0.1, -0.05) is 30.7 Å². The topological polar surface area (TPSA) is 20.2 Å². The molecule has 0 heterocycles. The van der Waals surface area contributed by atoms with Crippen LogP contribution in [0.15, 0.2) is 24.3 Å². The average molecular weight is 244 g/mol. The van der Waals surface area contributed by atoms with Gasteiger partial charge in [0.1, 0.15) is 0 Å². The molecule has 0 spiro atoms. The van der Waals surface area contributed by atoms with Gasteiger partial charge in [-0.3, -0.25) is 0 Å². The molecule has 1 aliphatic carbocycles. The van der Waals surface area contributed by atoms with Crippen LogP contribution in [0.25, 0.3) is 0 Å². The van der Waals surface area contributed by atoms with E-state index in [-0.39, 0.29) is 0 Å². The Morgan fingerprint density at radius 1 is 1.18 bits per heavy atom. The molecule has 1 atom stereocenters. The summed E-state index contributed by atoms with van der Waals surface area (Å²) in [7, 11) is 0. The van der Waals surface area contributed by atoms with Crippen molar-refractivity contribution in [2.24, 2.45) is 0 Å². The van der Waals surface area contributed by atoms with E-state index in [1.165, 1.54) is 12.0 Å². The minimum atomic E-state index is -4.33. The molecule has 1 aliphatic rings. The summed E-state index contributed by atoms with van der Waals surface area (Å²) in [5, 5.41) is 9.44. The Labute approximate surface area is 98.3 Å². The molecule has 1 saturated carbocycles. The maximum atomic E-state index is 12.1. The molecule has 2 rings (SSSR count). The van der Waals surface area contributed by atoms with Gasteiger partial charge in [0.2, 0.25) is 0 Å². The lowest BCUT2D eigenvalue weighted by Crippen LogP contribution is -2.14. The lowest BCUT2D eigenvalue weighted by molar-refractivity contribution is -0.154. The normalized spacial score (nSPS) is 18.8. The first-order chi connectivity index (χ1) is 7.96. The zero-order valence-corrected chi connectivity index (χ0v) is 9.37. The lowest BCUT2D eigenvalue weighted by atomic mass is 9.80. The molecular formula is C13H15F3O. The standard InChI is InChI=1S/C13H15F3O/c14-13(15,16)8-12(17)11-6-4-10(5-7-11)9-2-1-3-9/h4-7,9,12,17H,1-3,8H2. The van der Waals surface area contributed by atoms with Gasteiger partial charge in [0, 0.05) is 0 Å². The van der Waals surface area contributed by atoms with Gasteiger partial charge in [-0.25, -0.2) is 0 Å². The fourth-order valence-electron chi connectivity index (χ4n) is 2.07. The highest BCUT2D eigenvalue weighted by atomic mass is 19.4. The second-order valence-electron chi connectivity index (χ2n) is 4.63. The summed E-state index contributed by atoms with van der Waals surface area (Å²) in [5.74, 6) is 0.559. The monoisotopic (exact) mass is 244 g/mol. The molecule has 1 nitrogen and oxygen atoms in total. The molecule has 1 aromatic carbocycles. The van der Waals surface area contributed by atoms with Crippen molar-refractivity contribution in [3.05, 3.63) is 35.4 Å². The molecule has 1 fully saturated rings. The molecule has 0 radical (unpaired) electrons. The summed E-state index contributed by atoms with van der Waals surface area (Å²) < 4.78 is 36.3. The maximum Gasteiger partial charge on any atom is 0.391 e. The van der Waals surface area contributed by atoms with Gasteiger partial charge in [0.05, 0.1) is 12.5 Å². The fraction of sp³-hybridized carbons (Fsp3) is 0.538. The third-order valence-corrected chi connectivity index (χ3v) is 3.32. The second-order valence-corrected chi connectivity index (χ2v) is 4.63. The van der Waals surface area contributed by atoms with E-state index in [1.54, 1.807) is 12.1 Å². The molecule has 0 amide bonds. The minimum Gasteiger partial charge on any atom is -0.388 e. The average Bonchev–Trinajstić information content (AvgIpc) is 2.13. The summed E-state index contributed by atoms with van der Waals surface area (Å²) in [5.41, 5.74) is 1.50. The number of hydrogen-bond donors (Lipinski definition) is 1. The van der Waals surface area contributed by atoms with Gasteiger partial charge in [-0.05, 0) is 29.9 Å². The van der Waals surface area contributed by atoms with Crippen molar-refractivity contribution in [3.8, 4) is 0 Å². The lowest BCUT2D eigenvalue weighted by Gasteiger charge is -2.26. The van der Waals surface area contributed by atoms with Crippen LogP contribution in [0.5, 0.6) is 0 Å². The molecule has 1 unspecified atom stereocenters. The van der Waals surface area contributed by atoms with Crippen LogP contribution >= 0.6 is 0 Å². The van der Waals surface area contributed by atoms with E-state index in [0.717, 1.165) is 12.8 Å². The number of alkyl halides is 3. The molecule has 1 N–H and O–H groups in total. The number of hydrogen-bond acceptors (Lipinski definition) is 1. The molecule has 0 aromatic heterocycles. The van der Waals surface area contributed by atoms with Crippen molar-refractivity contribution in [1.82, 2.24) is 0 Å². The van der Waals surface area contributed by atoms with Crippen molar-refractivity contribution in [1.29, 1.82) is 0 Å². The summed E-state index contributed by atoms with van der Waals surface area (Å²) in [6, 6.07) is 6.87. The van der Waals surface area contributed by atoms with Gasteiger partial charge in [-0.15, -0.1) is 0 Å². The zero-order valence-electron chi connectivity index (χ0n) is 9.37. The first kappa shape index (κ1) is 12.4. The highest BCUT2D eigenvalue weighted by Crippen LogP contribution is 2.37.